The first-order valence-corrected chi connectivity index (χ1v) is 6.28. The second-order valence-electron chi connectivity index (χ2n) is 4.61. The number of ketones is 1. The van der Waals surface area contributed by atoms with Crippen molar-refractivity contribution in [2.45, 2.75) is 20.3 Å². The normalized spacial score (nSPS) is 19.1. The van der Waals surface area contributed by atoms with Gasteiger partial charge in [0.05, 0.1) is 11.6 Å². The number of aliphatic carboxylic acids is 1. The van der Waals surface area contributed by atoms with E-state index in [1.165, 1.54) is 24.3 Å². The fourth-order valence-corrected chi connectivity index (χ4v) is 2.29. The maximum atomic E-state index is 12.9. The van der Waals surface area contributed by atoms with Crippen molar-refractivity contribution in [2.24, 2.45) is 10.9 Å². The fourth-order valence-electron chi connectivity index (χ4n) is 2.29. The van der Waals surface area contributed by atoms with Gasteiger partial charge >= 0.3 is 5.97 Å². The van der Waals surface area contributed by atoms with Gasteiger partial charge in [-0.05, 0) is 37.6 Å². The first-order chi connectivity index (χ1) is 9.45. The van der Waals surface area contributed by atoms with Gasteiger partial charge in [-0.1, -0.05) is 6.92 Å². The Morgan fingerprint density at radius 3 is 2.45 bits per heavy atom. The molecule has 0 aliphatic carbocycles. The minimum atomic E-state index is -1.30. The van der Waals surface area contributed by atoms with Gasteiger partial charge in [-0.25, -0.2) is 9.18 Å². The molecular formula is C15H14FNO3. The maximum Gasteiger partial charge on any atom is 0.341 e. The molecule has 1 aromatic carbocycles. The lowest BCUT2D eigenvalue weighted by Gasteiger charge is -2.21. The van der Waals surface area contributed by atoms with Gasteiger partial charge in [-0.3, -0.25) is 9.79 Å². The molecule has 0 saturated carbocycles. The van der Waals surface area contributed by atoms with E-state index < -0.39 is 23.5 Å². The zero-order valence-corrected chi connectivity index (χ0v) is 11.2. The van der Waals surface area contributed by atoms with Gasteiger partial charge in [0.25, 0.3) is 0 Å². The highest BCUT2D eigenvalue weighted by molar-refractivity contribution is 6.30. The van der Waals surface area contributed by atoms with E-state index in [1.807, 2.05) is 6.92 Å². The van der Waals surface area contributed by atoms with Gasteiger partial charge in [0.2, 0.25) is 0 Å². The molecule has 2 rings (SSSR count). The quantitative estimate of drug-likeness (QED) is 0.862. The number of carbonyl (C=O) groups is 2. The lowest BCUT2D eigenvalue weighted by atomic mass is 9.86. The minimum Gasteiger partial charge on any atom is -0.477 e. The van der Waals surface area contributed by atoms with Crippen molar-refractivity contribution in [1.82, 2.24) is 0 Å². The molecule has 1 unspecified atom stereocenters. The van der Waals surface area contributed by atoms with E-state index in [-0.39, 0.29) is 11.3 Å². The minimum absolute atomic E-state index is 0.102. The Morgan fingerprint density at radius 1 is 1.35 bits per heavy atom. The van der Waals surface area contributed by atoms with Crippen LogP contribution in [0, 0.1) is 11.7 Å². The van der Waals surface area contributed by atoms with Crippen molar-refractivity contribution >= 4 is 23.2 Å². The molecule has 1 aliphatic heterocycles. The van der Waals surface area contributed by atoms with Gasteiger partial charge in [0.15, 0.2) is 5.78 Å². The molecule has 0 bridgehead atoms. The summed E-state index contributed by atoms with van der Waals surface area (Å²) in [6, 6.07) is 5.26. The number of rotatable bonds is 3. The van der Waals surface area contributed by atoms with Gasteiger partial charge in [-0.15, -0.1) is 0 Å². The summed E-state index contributed by atoms with van der Waals surface area (Å²) in [5.74, 6) is -2.67. The van der Waals surface area contributed by atoms with E-state index in [0.29, 0.717) is 17.7 Å². The second-order valence-corrected chi connectivity index (χ2v) is 4.61. The number of hydrogen-bond acceptors (Lipinski definition) is 3. The van der Waals surface area contributed by atoms with E-state index >= 15 is 0 Å². The number of benzene rings is 1. The fraction of sp³-hybridized carbons (Fsp3) is 0.267. The highest BCUT2D eigenvalue weighted by atomic mass is 19.1. The molecule has 1 N–H and O–H groups in total. The number of carboxylic acid groups (broad SMARTS) is 1. The molecule has 0 fully saturated rings. The van der Waals surface area contributed by atoms with E-state index in [2.05, 4.69) is 4.99 Å². The van der Waals surface area contributed by atoms with Crippen LogP contribution < -0.4 is 0 Å². The third-order valence-corrected chi connectivity index (χ3v) is 3.33. The number of carboxylic acids is 1. The summed E-state index contributed by atoms with van der Waals surface area (Å²) in [5, 5.41) is 9.27. The topological polar surface area (TPSA) is 66.7 Å². The van der Waals surface area contributed by atoms with Crippen LogP contribution in [0.1, 0.15) is 25.8 Å². The molecule has 0 amide bonds. The summed E-state index contributed by atoms with van der Waals surface area (Å²) < 4.78 is 12.9. The Bertz CT molecular complexity index is 629. The lowest BCUT2D eigenvalue weighted by Crippen LogP contribution is -2.30. The maximum absolute atomic E-state index is 12.9. The average Bonchev–Trinajstić information content (AvgIpc) is 2.38. The lowest BCUT2D eigenvalue weighted by molar-refractivity contribution is -0.134. The largest absolute Gasteiger partial charge is 0.477 e. The molecule has 0 aromatic heterocycles. The van der Waals surface area contributed by atoms with Gasteiger partial charge in [0, 0.05) is 11.3 Å². The van der Waals surface area contributed by atoms with Crippen LogP contribution in [0.3, 0.4) is 0 Å². The van der Waals surface area contributed by atoms with E-state index in [4.69, 9.17) is 0 Å². The molecule has 1 aromatic rings. The van der Waals surface area contributed by atoms with Gasteiger partial charge in [0.1, 0.15) is 11.4 Å². The molecule has 0 saturated heterocycles. The number of halogens is 1. The van der Waals surface area contributed by atoms with Crippen LogP contribution >= 0.6 is 0 Å². The molecular weight excluding hydrogens is 261 g/mol. The third kappa shape index (κ3) is 2.39. The van der Waals surface area contributed by atoms with Crippen molar-refractivity contribution in [2.75, 3.05) is 0 Å². The predicted molar refractivity (Wildman–Crippen MR) is 72.9 cm³/mol. The van der Waals surface area contributed by atoms with Crippen molar-refractivity contribution < 1.29 is 19.1 Å². The molecule has 5 heteroatoms. The number of hydrogen-bond donors (Lipinski definition) is 1. The smallest absolute Gasteiger partial charge is 0.341 e. The predicted octanol–water partition coefficient (Wildman–Crippen LogP) is 2.69. The van der Waals surface area contributed by atoms with E-state index in [1.54, 1.807) is 6.92 Å². The zero-order chi connectivity index (χ0) is 14.9. The monoisotopic (exact) mass is 275 g/mol. The summed E-state index contributed by atoms with van der Waals surface area (Å²) in [4.78, 5) is 27.9. The van der Waals surface area contributed by atoms with Crippen LogP contribution in [-0.4, -0.2) is 22.6 Å². The Labute approximate surface area is 115 Å². The molecule has 104 valence electrons. The SMILES string of the molecule is CCC1C(=O)C(C(=O)O)=C(c2ccc(F)cc2)N=C1C. The van der Waals surface area contributed by atoms with Crippen molar-refractivity contribution in [3.63, 3.8) is 0 Å². The molecule has 4 nitrogen and oxygen atoms in total. The summed E-state index contributed by atoms with van der Waals surface area (Å²) in [7, 11) is 0. The van der Waals surface area contributed by atoms with E-state index in [0.717, 1.165) is 0 Å². The van der Waals surface area contributed by atoms with Crippen molar-refractivity contribution in [3.8, 4) is 0 Å². The number of carbonyl (C=O) groups excluding carboxylic acids is 1. The molecule has 20 heavy (non-hydrogen) atoms. The molecule has 1 atom stereocenters. The highest BCUT2D eigenvalue weighted by Gasteiger charge is 2.34. The Balaban J connectivity index is 2.62. The van der Waals surface area contributed by atoms with Crippen LogP contribution in [-0.2, 0) is 9.59 Å². The Kier molecular flexibility index (Phi) is 3.79. The zero-order valence-electron chi connectivity index (χ0n) is 11.2. The number of Topliss-reactive ketones (excluding diaryl/α,β-unsaturated/α-hetero) is 1. The number of nitrogens with zero attached hydrogens (tertiary/aromatic N) is 1. The van der Waals surface area contributed by atoms with Crippen LogP contribution in [0.15, 0.2) is 34.8 Å². The molecule has 1 heterocycles. The van der Waals surface area contributed by atoms with E-state index in [9.17, 15) is 19.1 Å². The summed E-state index contributed by atoms with van der Waals surface area (Å²) in [5.41, 5.74) is 0.784. The Hall–Kier alpha value is -2.30. The van der Waals surface area contributed by atoms with Gasteiger partial charge < -0.3 is 5.11 Å². The van der Waals surface area contributed by atoms with Gasteiger partial charge in [-0.2, -0.15) is 0 Å². The van der Waals surface area contributed by atoms with Crippen LogP contribution in [0.25, 0.3) is 5.70 Å². The summed E-state index contributed by atoms with van der Waals surface area (Å²) in [6.07, 6.45) is 0.502. The van der Waals surface area contributed by atoms with Crippen molar-refractivity contribution in [1.29, 1.82) is 0 Å². The third-order valence-electron chi connectivity index (χ3n) is 3.33. The first kappa shape index (κ1) is 14.1. The molecule has 0 spiro atoms. The van der Waals surface area contributed by atoms with Crippen LogP contribution in [0.5, 0.6) is 0 Å². The second kappa shape index (κ2) is 5.36. The average molecular weight is 275 g/mol. The highest BCUT2D eigenvalue weighted by Crippen LogP contribution is 2.30. The number of aliphatic imine (C=N–C) groups is 1. The first-order valence-electron chi connectivity index (χ1n) is 6.28. The van der Waals surface area contributed by atoms with Crippen LogP contribution in [0.4, 0.5) is 4.39 Å². The van der Waals surface area contributed by atoms with Crippen molar-refractivity contribution in [3.05, 3.63) is 41.2 Å². The Morgan fingerprint density at radius 2 is 1.95 bits per heavy atom. The molecule has 1 aliphatic rings. The standard InChI is InChI=1S/C15H14FNO3/c1-3-11-8(2)17-13(12(14(11)18)15(19)20)9-4-6-10(16)7-5-9/h4-7,11H,3H2,1-2H3,(H,19,20). The molecule has 0 radical (unpaired) electrons. The summed E-state index contributed by atoms with van der Waals surface area (Å²) >= 11 is 0. The van der Waals surface area contributed by atoms with Crippen LogP contribution in [0.2, 0.25) is 0 Å². The summed E-state index contributed by atoms with van der Waals surface area (Å²) in [6.45, 7) is 3.51.